The molecule has 0 saturated carbocycles. The van der Waals surface area contributed by atoms with Gasteiger partial charge in [0.15, 0.2) is 0 Å². The highest BCUT2D eigenvalue weighted by atomic mass is 79.9. The molecule has 1 N–H and O–H groups in total. The van der Waals surface area contributed by atoms with Gasteiger partial charge in [0.05, 0.1) is 14.2 Å². The van der Waals surface area contributed by atoms with Gasteiger partial charge in [0.2, 0.25) is 0 Å². The number of methoxy groups -OCH3 is 2. The van der Waals surface area contributed by atoms with Crippen LogP contribution >= 0.6 is 15.9 Å². The summed E-state index contributed by atoms with van der Waals surface area (Å²) in [5.74, 6) is 2.28. The van der Waals surface area contributed by atoms with Crippen molar-refractivity contribution in [2.75, 3.05) is 21.3 Å². The van der Waals surface area contributed by atoms with Gasteiger partial charge in [-0.15, -0.1) is 0 Å². The number of rotatable bonds is 9. The Labute approximate surface area is 137 Å². The van der Waals surface area contributed by atoms with Crippen molar-refractivity contribution in [1.29, 1.82) is 0 Å². The second kappa shape index (κ2) is 9.31. The number of hydrogen-bond acceptors (Lipinski definition) is 3. The molecule has 3 nitrogen and oxygen atoms in total. The Morgan fingerprint density at radius 1 is 1.10 bits per heavy atom. The molecule has 4 heteroatoms. The molecule has 1 aromatic carbocycles. The van der Waals surface area contributed by atoms with E-state index in [1.165, 1.54) is 31.2 Å². The molecule has 0 bridgehead atoms. The van der Waals surface area contributed by atoms with Gasteiger partial charge >= 0.3 is 0 Å². The Morgan fingerprint density at radius 3 is 2.14 bits per heavy atom. The van der Waals surface area contributed by atoms with E-state index in [4.69, 9.17) is 9.47 Å². The highest BCUT2D eigenvalue weighted by Gasteiger charge is 2.25. The molecule has 0 aromatic heterocycles. The molecule has 1 rings (SSSR count). The molecule has 0 aliphatic rings. The zero-order valence-corrected chi connectivity index (χ0v) is 15.4. The van der Waals surface area contributed by atoms with E-state index in [1.54, 1.807) is 14.2 Å². The fourth-order valence-corrected chi connectivity index (χ4v) is 3.71. The predicted octanol–water partition coefficient (Wildman–Crippen LogP) is 4.94. The molecule has 21 heavy (non-hydrogen) atoms. The van der Waals surface area contributed by atoms with Gasteiger partial charge < -0.3 is 14.8 Å². The van der Waals surface area contributed by atoms with E-state index in [2.05, 4.69) is 41.2 Å². The SMILES string of the molecule is CCCC(CCC)C(NC)c1ccc(OC)c(Br)c1OC. The van der Waals surface area contributed by atoms with Crippen molar-refractivity contribution < 1.29 is 9.47 Å². The number of halogens is 1. The van der Waals surface area contributed by atoms with Crippen molar-refractivity contribution in [2.24, 2.45) is 5.92 Å². The lowest BCUT2D eigenvalue weighted by atomic mass is 9.85. The Hall–Kier alpha value is -0.740. The molecule has 1 atom stereocenters. The average molecular weight is 358 g/mol. The van der Waals surface area contributed by atoms with Crippen molar-refractivity contribution in [3.05, 3.63) is 22.2 Å². The Balaban J connectivity index is 3.23. The first-order valence-electron chi connectivity index (χ1n) is 7.72. The topological polar surface area (TPSA) is 30.5 Å². The van der Waals surface area contributed by atoms with E-state index < -0.39 is 0 Å². The summed E-state index contributed by atoms with van der Waals surface area (Å²) in [5.41, 5.74) is 1.19. The molecule has 0 heterocycles. The summed E-state index contributed by atoms with van der Waals surface area (Å²) in [5, 5.41) is 3.49. The van der Waals surface area contributed by atoms with Gasteiger partial charge in [0, 0.05) is 11.6 Å². The van der Waals surface area contributed by atoms with Gasteiger partial charge in [0.25, 0.3) is 0 Å². The van der Waals surface area contributed by atoms with Crippen LogP contribution in [0.3, 0.4) is 0 Å². The smallest absolute Gasteiger partial charge is 0.141 e. The van der Waals surface area contributed by atoms with E-state index in [9.17, 15) is 0 Å². The third kappa shape index (κ3) is 4.36. The fraction of sp³-hybridized carbons (Fsp3) is 0.647. The summed E-state index contributed by atoms with van der Waals surface area (Å²) in [6.45, 7) is 4.49. The summed E-state index contributed by atoms with van der Waals surface area (Å²) in [6, 6.07) is 4.41. The van der Waals surface area contributed by atoms with Crippen LogP contribution < -0.4 is 14.8 Å². The van der Waals surface area contributed by atoms with Crippen LogP contribution in [0, 0.1) is 5.92 Å². The van der Waals surface area contributed by atoms with E-state index in [0.717, 1.165) is 16.0 Å². The number of ether oxygens (including phenoxy) is 2. The summed E-state index contributed by atoms with van der Waals surface area (Å²) in [6.07, 6.45) is 4.82. The molecule has 0 amide bonds. The summed E-state index contributed by atoms with van der Waals surface area (Å²) >= 11 is 3.60. The Bertz CT molecular complexity index is 431. The molecule has 120 valence electrons. The number of hydrogen-bond donors (Lipinski definition) is 1. The van der Waals surface area contributed by atoms with Gasteiger partial charge in [-0.3, -0.25) is 0 Å². The quantitative estimate of drug-likeness (QED) is 0.678. The van der Waals surface area contributed by atoms with Crippen LogP contribution in [-0.2, 0) is 0 Å². The van der Waals surface area contributed by atoms with E-state index in [-0.39, 0.29) is 0 Å². The molecule has 1 unspecified atom stereocenters. The second-order valence-corrected chi connectivity index (χ2v) is 6.10. The van der Waals surface area contributed by atoms with Crippen LogP contribution in [0.2, 0.25) is 0 Å². The van der Waals surface area contributed by atoms with E-state index >= 15 is 0 Å². The maximum atomic E-state index is 5.64. The maximum Gasteiger partial charge on any atom is 0.141 e. The lowest BCUT2D eigenvalue weighted by molar-refractivity contribution is 0.315. The van der Waals surface area contributed by atoms with Crippen molar-refractivity contribution >= 4 is 15.9 Å². The van der Waals surface area contributed by atoms with Crippen LogP contribution in [0.25, 0.3) is 0 Å². The molecule has 0 aliphatic heterocycles. The fourth-order valence-electron chi connectivity index (χ4n) is 3.03. The molecule has 1 aromatic rings. The normalized spacial score (nSPS) is 12.5. The van der Waals surface area contributed by atoms with Crippen LogP contribution in [0.15, 0.2) is 16.6 Å². The van der Waals surface area contributed by atoms with E-state index in [1.807, 2.05) is 13.1 Å². The van der Waals surface area contributed by atoms with Gasteiger partial charge in [0.1, 0.15) is 16.0 Å². The minimum absolute atomic E-state index is 0.294. The molecular formula is C17H28BrNO2. The lowest BCUT2D eigenvalue weighted by Crippen LogP contribution is -2.26. The number of nitrogens with one attached hydrogen (secondary N) is 1. The monoisotopic (exact) mass is 357 g/mol. The largest absolute Gasteiger partial charge is 0.495 e. The van der Waals surface area contributed by atoms with Crippen molar-refractivity contribution in [1.82, 2.24) is 5.32 Å². The molecule has 0 saturated heterocycles. The number of benzene rings is 1. The predicted molar refractivity (Wildman–Crippen MR) is 92.4 cm³/mol. The zero-order valence-electron chi connectivity index (χ0n) is 13.8. The first kappa shape index (κ1) is 18.3. The molecule has 0 radical (unpaired) electrons. The maximum absolute atomic E-state index is 5.64. The first-order valence-corrected chi connectivity index (χ1v) is 8.51. The highest BCUT2D eigenvalue weighted by molar-refractivity contribution is 9.10. The van der Waals surface area contributed by atoms with Crippen LogP contribution in [-0.4, -0.2) is 21.3 Å². The summed E-state index contributed by atoms with van der Waals surface area (Å²) in [7, 11) is 5.41. The van der Waals surface area contributed by atoms with Gasteiger partial charge in [-0.2, -0.15) is 0 Å². The molecule has 0 fully saturated rings. The lowest BCUT2D eigenvalue weighted by Gasteiger charge is -2.29. The Morgan fingerprint density at radius 2 is 1.71 bits per heavy atom. The molecule has 0 spiro atoms. The Kier molecular flexibility index (Phi) is 8.12. The zero-order chi connectivity index (χ0) is 15.8. The average Bonchev–Trinajstić information content (AvgIpc) is 2.49. The summed E-state index contributed by atoms with van der Waals surface area (Å²) < 4.78 is 11.9. The molecular weight excluding hydrogens is 330 g/mol. The van der Waals surface area contributed by atoms with Crippen LogP contribution in [0.4, 0.5) is 0 Å². The third-order valence-corrected chi connectivity index (χ3v) is 4.70. The minimum Gasteiger partial charge on any atom is -0.495 e. The summed E-state index contributed by atoms with van der Waals surface area (Å²) in [4.78, 5) is 0. The third-order valence-electron chi connectivity index (χ3n) is 3.95. The van der Waals surface area contributed by atoms with Crippen molar-refractivity contribution in [3.63, 3.8) is 0 Å². The van der Waals surface area contributed by atoms with E-state index in [0.29, 0.717) is 12.0 Å². The van der Waals surface area contributed by atoms with Crippen molar-refractivity contribution in [2.45, 2.75) is 45.6 Å². The second-order valence-electron chi connectivity index (χ2n) is 5.31. The molecule has 0 aliphatic carbocycles. The van der Waals surface area contributed by atoms with Crippen LogP contribution in [0.1, 0.15) is 51.1 Å². The standard InChI is InChI=1S/C17H28BrNO2/c1-6-8-12(9-7-2)16(19-3)13-10-11-14(20-4)15(18)17(13)21-5/h10-12,16,19H,6-9H2,1-5H3. The van der Waals surface area contributed by atoms with Gasteiger partial charge in [-0.1, -0.05) is 26.7 Å². The van der Waals surface area contributed by atoms with Crippen LogP contribution in [0.5, 0.6) is 11.5 Å². The van der Waals surface area contributed by atoms with Gasteiger partial charge in [-0.05, 0) is 53.9 Å². The minimum atomic E-state index is 0.294. The van der Waals surface area contributed by atoms with Crippen molar-refractivity contribution in [3.8, 4) is 11.5 Å². The first-order chi connectivity index (χ1) is 10.1. The van der Waals surface area contributed by atoms with Gasteiger partial charge in [-0.25, -0.2) is 0 Å². The highest BCUT2D eigenvalue weighted by Crippen LogP contribution is 2.42.